The number of para-hydroxylation sites is 1. The van der Waals surface area contributed by atoms with Crippen molar-refractivity contribution in [1.29, 1.82) is 0 Å². The van der Waals surface area contributed by atoms with Crippen LogP contribution in [0.15, 0.2) is 30.6 Å². The number of carbonyl (C=O) groups excluding carboxylic acids is 1. The van der Waals surface area contributed by atoms with Gasteiger partial charge in [0.15, 0.2) is 0 Å². The Bertz CT molecular complexity index is 694. The molecule has 1 aromatic carbocycles. The van der Waals surface area contributed by atoms with Crippen LogP contribution >= 0.6 is 0 Å². The highest BCUT2D eigenvalue weighted by Crippen LogP contribution is 2.25. The second-order valence-corrected chi connectivity index (χ2v) is 7.20. The number of rotatable bonds is 2. The molecule has 5 nitrogen and oxygen atoms in total. The standard InChI is InChI=1S/C18H24N4O/c1-18(2,3)17(23)21-13-8-10-22(11-9-13)16-14-6-4-5-7-15(14)19-12-20-16/h4-7,12-13H,8-11H2,1-3H3,(H,21,23). The van der Waals surface area contributed by atoms with E-state index in [-0.39, 0.29) is 17.4 Å². The van der Waals surface area contributed by atoms with E-state index in [1.54, 1.807) is 6.33 Å². The van der Waals surface area contributed by atoms with E-state index in [0.717, 1.165) is 42.7 Å². The second-order valence-electron chi connectivity index (χ2n) is 7.20. The van der Waals surface area contributed by atoms with Gasteiger partial charge in [-0.1, -0.05) is 32.9 Å². The number of anilines is 1. The van der Waals surface area contributed by atoms with Gasteiger partial charge in [0, 0.05) is 29.9 Å². The smallest absolute Gasteiger partial charge is 0.225 e. The van der Waals surface area contributed by atoms with Crippen molar-refractivity contribution in [1.82, 2.24) is 15.3 Å². The van der Waals surface area contributed by atoms with Gasteiger partial charge in [0.25, 0.3) is 0 Å². The van der Waals surface area contributed by atoms with Crippen molar-refractivity contribution >= 4 is 22.6 Å². The zero-order valence-corrected chi connectivity index (χ0v) is 14.0. The minimum atomic E-state index is -0.333. The average molecular weight is 312 g/mol. The van der Waals surface area contributed by atoms with Gasteiger partial charge >= 0.3 is 0 Å². The molecule has 3 rings (SSSR count). The molecule has 0 saturated carbocycles. The molecule has 0 unspecified atom stereocenters. The Hall–Kier alpha value is -2.17. The molecule has 1 amide bonds. The fourth-order valence-electron chi connectivity index (χ4n) is 2.88. The molecule has 0 spiro atoms. The molecule has 5 heteroatoms. The van der Waals surface area contributed by atoms with Gasteiger partial charge in [-0.2, -0.15) is 0 Å². The molecule has 23 heavy (non-hydrogen) atoms. The van der Waals surface area contributed by atoms with Gasteiger partial charge in [-0.3, -0.25) is 4.79 Å². The summed E-state index contributed by atoms with van der Waals surface area (Å²) < 4.78 is 0. The summed E-state index contributed by atoms with van der Waals surface area (Å²) in [5.74, 6) is 1.12. The number of benzene rings is 1. The Morgan fingerprint density at radius 2 is 1.87 bits per heavy atom. The van der Waals surface area contributed by atoms with Crippen LogP contribution in [-0.2, 0) is 4.79 Å². The van der Waals surface area contributed by atoms with Gasteiger partial charge in [0.2, 0.25) is 5.91 Å². The molecule has 0 aliphatic carbocycles. The second kappa shape index (κ2) is 6.14. The maximum absolute atomic E-state index is 12.1. The summed E-state index contributed by atoms with van der Waals surface area (Å²) in [7, 11) is 0. The Balaban J connectivity index is 1.68. The molecule has 0 bridgehead atoms. The SMILES string of the molecule is CC(C)(C)C(=O)NC1CCN(c2ncnc3ccccc23)CC1. The average Bonchev–Trinajstić information content (AvgIpc) is 2.54. The Kier molecular flexibility index (Phi) is 4.20. The molecule has 2 heterocycles. The van der Waals surface area contributed by atoms with Crippen molar-refractivity contribution in [2.24, 2.45) is 5.41 Å². The van der Waals surface area contributed by atoms with E-state index in [0.29, 0.717) is 0 Å². The van der Waals surface area contributed by atoms with Crippen molar-refractivity contribution in [2.75, 3.05) is 18.0 Å². The summed E-state index contributed by atoms with van der Waals surface area (Å²) in [5, 5.41) is 4.26. The van der Waals surface area contributed by atoms with Gasteiger partial charge in [-0.05, 0) is 25.0 Å². The lowest BCUT2D eigenvalue weighted by Gasteiger charge is -2.34. The fraction of sp³-hybridized carbons (Fsp3) is 0.500. The third-order valence-electron chi connectivity index (χ3n) is 4.33. The minimum Gasteiger partial charge on any atom is -0.356 e. The number of hydrogen-bond donors (Lipinski definition) is 1. The van der Waals surface area contributed by atoms with Crippen LogP contribution in [0.25, 0.3) is 10.9 Å². The van der Waals surface area contributed by atoms with Crippen LogP contribution in [0.5, 0.6) is 0 Å². The molecule has 1 fully saturated rings. The normalized spacial score (nSPS) is 16.6. The van der Waals surface area contributed by atoms with E-state index in [2.05, 4.69) is 26.3 Å². The summed E-state index contributed by atoms with van der Waals surface area (Å²) in [5.41, 5.74) is 0.639. The molecule has 122 valence electrons. The van der Waals surface area contributed by atoms with E-state index in [9.17, 15) is 4.79 Å². The number of amides is 1. The summed E-state index contributed by atoms with van der Waals surface area (Å²) in [6.45, 7) is 7.64. The molecular weight excluding hydrogens is 288 g/mol. The Morgan fingerprint density at radius 1 is 1.17 bits per heavy atom. The molecule has 1 aliphatic rings. The first kappa shape index (κ1) is 15.7. The number of aromatic nitrogens is 2. The van der Waals surface area contributed by atoms with Crippen molar-refractivity contribution in [3.8, 4) is 0 Å². The summed E-state index contributed by atoms with van der Waals surface area (Å²) in [6, 6.07) is 8.35. The van der Waals surface area contributed by atoms with Gasteiger partial charge in [0.1, 0.15) is 12.1 Å². The third kappa shape index (κ3) is 3.44. The highest BCUT2D eigenvalue weighted by Gasteiger charge is 2.27. The van der Waals surface area contributed by atoms with Gasteiger partial charge in [-0.15, -0.1) is 0 Å². The van der Waals surface area contributed by atoms with Crippen molar-refractivity contribution in [3.05, 3.63) is 30.6 Å². The number of hydrogen-bond acceptors (Lipinski definition) is 4. The van der Waals surface area contributed by atoms with Crippen LogP contribution in [0, 0.1) is 5.41 Å². The van der Waals surface area contributed by atoms with Crippen molar-refractivity contribution in [2.45, 2.75) is 39.7 Å². The monoisotopic (exact) mass is 312 g/mol. The lowest BCUT2D eigenvalue weighted by molar-refractivity contribution is -0.129. The molecule has 0 atom stereocenters. The number of carbonyl (C=O) groups is 1. The number of piperidine rings is 1. The third-order valence-corrected chi connectivity index (χ3v) is 4.33. The van der Waals surface area contributed by atoms with E-state index < -0.39 is 0 Å². The zero-order valence-electron chi connectivity index (χ0n) is 14.0. The van der Waals surface area contributed by atoms with Crippen LogP contribution in [0.1, 0.15) is 33.6 Å². The summed E-state index contributed by atoms with van der Waals surface area (Å²) in [4.78, 5) is 23.2. The van der Waals surface area contributed by atoms with E-state index in [1.807, 2.05) is 39.0 Å². The summed E-state index contributed by atoms with van der Waals surface area (Å²) in [6.07, 6.45) is 3.52. The zero-order chi connectivity index (χ0) is 16.4. The van der Waals surface area contributed by atoms with Crippen LogP contribution < -0.4 is 10.2 Å². The Labute approximate surface area is 137 Å². The first-order chi connectivity index (χ1) is 10.9. The number of nitrogens with one attached hydrogen (secondary N) is 1. The number of fused-ring (bicyclic) bond motifs is 1. The predicted molar refractivity (Wildman–Crippen MR) is 92.4 cm³/mol. The van der Waals surface area contributed by atoms with Crippen LogP contribution in [0.4, 0.5) is 5.82 Å². The van der Waals surface area contributed by atoms with Crippen molar-refractivity contribution < 1.29 is 4.79 Å². The largest absolute Gasteiger partial charge is 0.356 e. The molecule has 1 N–H and O–H groups in total. The van der Waals surface area contributed by atoms with E-state index in [1.165, 1.54) is 0 Å². The highest BCUT2D eigenvalue weighted by atomic mass is 16.2. The first-order valence-electron chi connectivity index (χ1n) is 8.21. The maximum atomic E-state index is 12.1. The molecule has 2 aromatic rings. The molecule has 1 aromatic heterocycles. The predicted octanol–water partition coefficient (Wildman–Crippen LogP) is 2.76. The lowest BCUT2D eigenvalue weighted by atomic mass is 9.94. The molecule has 1 aliphatic heterocycles. The van der Waals surface area contributed by atoms with Gasteiger partial charge in [-0.25, -0.2) is 9.97 Å². The van der Waals surface area contributed by atoms with Gasteiger partial charge in [0.05, 0.1) is 5.52 Å². The van der Waals surface area contributed by atoms with Crippen molar-refractivity contribution in [3.63, 3.8) is 0 Å². The lowest BCUT2D eigenvalue weighted by Crippen LogP contribution is -2.48. The van der Waals surface area contributed by atoms with Crippen LogP contribution in [-0.4, -0.2) is 35.0 Å². The molecule has 1 saturated heterocycles. The van der Waals surface area contributed by atoms with Gasteiger partial charge < -0.3 is 10.2 Å². The first-order valence-corrected chi connectivity index (χ1v) is 8.21. The maximum Gasteiger partial charge on any atom is 0.225 e. The minimum absolute atomic E-state index is 0.128. The number of nitrogens with zero attached hydrogens (tertiary/aromatic N) is 3. The van der Waals surface area contributed by atoms with E-state index in [4.69, 9.17) is 0 Å². The topological polar surface area (TPSA) is 58.1 Å². The van der Waals surface area contributed by atoms with Crippen LogP contribution in [0.2, 0.25) is 0 Å². The Morgan fingerprint density at radius 3 is 2.57 bits per heavy atom. The van der Waals surface area contributed by atoms with Crippen LogP contribution in [0.3, 0.4) is 0 Å². The summed E-state index contributed by atoms with van der Waals surface area (Å²) >= 11 is 0. The van der Waals surface area contributed by atoms with E-state index >= 15 is 0 Å². The fourth-order valence-corrected chi connectivity index (χ4v) is 2.88. The quantitative estimate of drug-likeness (QED) is 0.926. The molecular formula is C18H24N4O. The highest BCUT2D eigenvalue weighted by molar-refractivity contribution is 5.89. The molecule has 0 radical (unpaired) electrons.